The van der Waals surface area contributed by atoms with Crippen LogP contribution < -0.4 is 0 Å². The summed E-state index contributed by atoms with van der Waals surface area (Å²) >= 11 is 0. The highest BCUT2D eigenvalue weighted by molar-refractivity contribution is 5.36. The summed E-state index contributed by atoms with van der Waals surface area (Å²) in [7, 11) is 0. The van der Waals surface area contributed by atoms with E-state index < -0.39 is 0 Å². The molecule has 0 radical (unpaired) electrons. The van der Waals surface area contributed by atoms with Gasteiger partial charge in [0.05, 0.1) is 6.10 Å². The second kappa shape index (κ2) is 9.38. The Hall–Kier alpha value is -1.08. The first-order valence-corrected chi connectivity index (χ1v) is 12.2. The average molecular weight is 397 g/mol. The Balaban J connectivity index is 1.75. The summed E-state index contributed by atoms with van der Waals surface area (Å²) in [6.07, 6.45) is 18.8. The predicted molar refractivity (Wildman–Crippen MR) is 126 cm³/mol. The molecule has 0 aliphatic heterocycles. The summed E-state index contributed by atoms with van der Waals surface area (Å²) in [5.41, 5.74) is 4.61. The summed E-state index contributed by atoms with van der Waals surface area (Å²) in [4.78, 5) is 0. The van der Waals surface area contributed by atoms with Crippen molar-refractivity contribution in [3.63, 3.8) is 0 Å². The minimum atomic E-state index is -0.182. The van der Waals surface area contributed by atoms with E-state index in [1.807, 2.05) is 0 Å². The molecular formula is C28H44O. The van der Waals surface area contributed by atoms with Crippen molar-refractivity contribution in [2.75, 3.05) is 0 Å². The van der Waals surface area contributed by atoms with Gasteiger partial charge in [0.1, 0.15) is 0 Å². The van der Waals surface area contributed by atoms with Crippen LogP contribution in [-0.2, 0) is 0 Å². The molecule has 0 amide bonds. The molecule has 3 aliphatic rings. The van der Waals surface area contributed by atoms with Gasteiger partial charge in [-0.25, -0.2) is 0 Å². The maximum Gasteiger partial charge on any atom is 0.0583 e. The molecule has 0 aromatic rings. The molecule has 3 fully saturated rings. The highest BCUT2D eigenvalue weighted by atomic mass is 16.3. The standard InChI is InChI=1S/C28H44O/c1-19(2)20(3)9-10-22(5)26-15-16-27-23(8-7-17-28(26,27)6)12-13-24-18-25(29)14-11-21(24)4/h9-10,12-13,19-20,22,25-27,29H,4,7-8,11,14-18H2,1-3,5-6H3/b10-9+,23-12+,24-13-/t20-,22+,25+,26-,27-,28+/m1/s1. The van der Waals surface area contributed by atoms with Gasteiger partial charge in [0.15, 0.2) is 0 Å². The lowest BCUT2D eigenvalue weighted by Gasteiger charge is -2.44. The van der Waals surface area contributed by atoms with E-state index in [-0.39, 0.29) is 6.10 Å². The van der Waals surface area contributed by atoms with Gasteiger partial charge < -0.3 is 5.11 Å². The number of hydrogen-bond acceptors (Lipinski definition) is 1. The fourth-order valence-electron chi connectivity index (χ4n) is 6.25. The quantitative estimate of drug-likeness (QED) is 0.473. The fourth-order valence-corrected chi connectivity index (χ4v) is 6.25. The van der Waals surface area contributed by atoms with E-state index >= 15 is 0 Å². The van der Waals surface area contributed by atoms with Crippen LogP contribution in [0, 0.1) is 35.0 Å². The Labute approximate surface area is 180 Å². The van der Waals surface area contributed by atoms with Crippen LogP contribution in [0.3, 0.4) is 0 Å². The first-order valence-electron chi connectivity index (χ1n) is 12.2. The van der Waals surface area contributed by atoms with Crippen molar-refractivity contribution in [1.29, 1.82) is 0 Å². The van der Waals surface area contributed by atoms with Gasteiger partial charge in [0.2, 0.25) is 0 Å². The molecule has 0 bridgehead atoms. The molecule has 1 N–H and O–H groups in total. The van der Waals surface area contributed by atoms with Gasteiger partial charge in [0, 0.05) is 0 Å². The van der Waals surface area contributed by atoms with Crippen molar-refractivity contribution in [2.24, 2.45) is 35.0 Å². The van der Waals surface area contributed by atoms with Gasteiger partial charge in [-0.3, -0.25) is 0 Å². The van der Waals surface area contributed by atoms with Crippen LogP contribution >= 0.6 is 0 Å². The zero-order chi connectivity index (χ0) is 21.2. The van der Waals surface area contributed by atoms with Gasteiger partial charge in [-0.2, -0.15) is 0 Å². The van der Waals surface area contributed by atoms with E-state index in [1.54, 1.807) is 5.57 Å². The summed E-state index contributed by atoms with van der Waals surface area (Å²) < 4.78 is 0. The lowest BCUT2D eigenvalue weighted by Crippen LogP contribution is -2.35. The first kappa shape index (κ1) is 22.6. The van der Waals surface area contributed by atoms with Crippen molar-refractivity contribution < 1.29 is 5.11 Å². The van der Waals surface area contributed by atoms with Crippen LogP contribution in [0.5, 0.6) is 0 Å². The molecule has 3 aliphatic carbocycles. The Morgan fingerprint density at radius 1 is 1.03 bits per heavy atom. The normalized spacial score (nSPS) is 38.2. The van der Waals surface area contributed by atoms with Crippen molar-refractivity contribution in [2.45, 2.75) is 92.1 Å². The van der Waals surface area contributed by atoms with Gasteiger partial charge in [-0.15, -0.1) is 0 Å². The number of rotatable bonds is 5. The Bertz CT molecular complexity index is 678. The number of fused-ring (bicyclic) bond motifs is 1. The van der Waals surface area contributed by atoms with E-state index in [4.69, 9.17) is 0 Å². The molecule has 0 spiro atoms. The summed E-state index contributed by atoms with van der Waals surface area (Å²) in [6, 6.07) is 0. The maximum atomic E-state index is 10.0. The monoisotopic (exact) mass is 396 g/mol. The van der Waals surface area contributed by atoms with E-state index in [2.05, 4.69) is 65.5 Å². The fraction of sp³-hybridized carbons (Fsp3) is 0.714. The van der Waals surface area contributed by atoms with Gasteiger partial charge >= 0.3 is 0 Å². The molecule has 1 heteroatoms. The molecule has 6 atom stereocenters. The van der Waals surface area contributed by atoms with Crippen LogP contribution in [-0.4, -0.2) is 11.2 Å². The molecule has 3 rings (SSSR count). The molecule has 3 saturated carbocycles. The van der Waals surface area contributed by atoms with Crippen molar-refractivity contribution >= 4 is 0 Å². The van der Waals surface area contributed by atoms with Crippen molar-refractivity contribution in [3.05, 3.63) is 47.6 Å². The van der Waals surface area contributed by atoms with Crippen molar-refractivity contribution in [3.8, 4) is 0 Å². The summed E-state index contributed by atoms with van der Waals surface area (Å²) in [6.45, 7) is 16.3. The highest BCUT2D eigenvalue weighted by Gasteiger charge is 2.50. The van der Waals surface area contributed by atoms with E-state index in [0.29, 0.717) is 17.3 Å². The van der Waals surface area contributed by atoms with Crippen LogP contribution in [0.15, 0.2) is 47.6 Å². The third-order valence-corrected chi connectivity index (χ3v) is 8.63. The summed E-state index contributed by atoms with van der Waals surface area (Å²) in [5.74, 6) is 3.58. The van der Waals surface area contributed by atoms with Crippen LogP contribution in [0.1, 0.15) is 86.0 Å². The maximum absolute atomic E-state index is 10.0. The van der Waals surface area contributed by atoms with Gasteiger partial charge in [-0.05, 0) is 91.9 Å². The number of aliphatic hydroxyl groups is 1. The Kier molecular flexibility index (Phi) is 7.31. The average Bonchev–Trinajstić information content (AvgIpc) is 3.04. The molecule has 0 aromatic heterocycles. The smallest absolute Gasteiger partial charge is 0.0583 e. The second-order valence-electron chi connectivity index (χ2n) is 10.9. The molecule has 162 valence electrons. The topological polar surface area (TPSA) is 20.2 Å². The third kappa shape index (κ3) is 4.98. The number of hydrogen-bond donors (Lipinski definition) is 1. The SMILES string of the molecule is C=C1CC[C@H](O)C/C1=C/C=C1\CCC[C@]2(C)[C@@H]1CC[C@@H]2[C@@H](C)/C=C/[C@@H](C)C(C)C. The van der Waals surface area contributed by atoms with Crippen LogP contribution in [0.25, 0.3) is 0 Å². The minimum Gasteiger partial charge on any atom is -0.393 e. The van der Waals surface area contributed by atoms with Crippen molar-refractivity contribution in [1.82, 2.24) is 0 Å². The summed E-state index contributed by atoms with van der Waals surface area (Å²) in [5, 5.41) is 10.0. The highest BCUT2D eigenvalue weighted by Crippen LogP contribution is 2.59. The molecule has 29 heavy (non-hydrogen) atoms. The number of aliphatic hydroxyl groups excluding tert-OH is 1. The molecule has 0 unspecified atom stereocenters. The molecule has 1 nitrogen and oxygen atoms in total. The zero-order valence-electron chi connectivity index (χ0n) is 19.6. The number of allylic oxidation sites excluding steroid dienone is 6. The molecular weight excluding hydrogens is 352 g/mol. The van der Waals surface area contributed by atoms with E-state index in [1.165, 1.54) is 43.3 Å². The first-order chi connectivity index (χ1) is 13.7. The third-order valence-electron chi connectivity index (χ3n) is 8.63. The van der Waals surface area contributed by atoms with Crippen LogP contribution in [0.2, 0.25) is 0 Å². The zero-order valence-corrected chi connectivity index (χ0v) is 19.6. The second-order valence-corrected chi connectivity index (χ2v) is 10.9. The lowest BCUT2D eigenvalue weighted by atomic mass is 9.61. The Morgan fingerprint density at radius 2 is 1.79 bits per heavy atom. The molecule has 0 heterocycles. The molecule has 0 saturated heterocycles. The van der Waals surface area contributed by atoms with Gasteiger partial charge in [0.25, 0.3) is 0 Å². The minimum absolute atomic E-state index is 0.182. The van der Waals surface area contributed by atoms with E-state index in [0.717, 1.165) is 37.0 Å². The molecule has 0 aromatic carbocycles. The lowest BCUT2D eigenvalue weighted by molar-refractivity contribution is 0.112. The largest absolute Gasteiger partial charge is 0.393 e. The predicted octanol–water partition coefficient (Wildman–Crippen LogP) is 7.64. The van der Waals surface area contributed by atoms with Crippen LogP contribution in [0.4, 0.5) is 0 Å². The van der Waals surface area contributed by atoms with E-state index in [9.17, 15) is 5.11 Å². The Morgan fingerprint density at radius 3 is 2.52 bits per heavy atom. The van der Waals surface area contributed by atoms with Gasteiger partial charge in [-0.1, -0.05) is 76.6 Å².